The zero-order valence-corrected chi connectivity index (χ0v) is 38.4. The van der Waals surface area contributed by atoms with E-state index in [-0.39, 0.29) is 37.5 Å². The van der Waals surface area contributed by atoms with Crippen LogP contribution in [0.15, 0.2) is 119 Å². The van der Waals surface area contributed by atoms with Gasteiger partial charge in [-0.1, -0.05) is 98.7 Å². The molecule has 0 aromatic heterocycles. The van der Waals surface area contributed by atoms with Gasteiger partial charge in [0.2, 0.25) is 0 Å². The van der Waals surface area contributed by atoms with Gasteiger partial charge in [-0.25, -0.2) is 26.0 Å². The second kappa shape index (κ2) is 20.2. The molecule has 0 aliphatic heterocycles. The van der Waals surface area contributed by atoms with E-state index in [9.17, 15) is 39.0 Å². The van der Waals surface area contributed by atoms with Crippen LogP contribution in [0.5, 0.6) is 0 Å². The van der Waals surface area contributed by atoms with Gasteiger partial charge in [-0.2, -0.15) is 8.42 Å². The maximum absolute atomic E-state index is 12.6. The second-order valence-corrected chi connectivity index (χ2v) is 22.5. The third-order valence-electron chi connectivity index (χ3n) is 7.68. The average Bonchev–Trinajstić information content (AvgIpc) is 3.04. The molecule has 0 amide bonds. The van der Waals surface area contributed by atoms with E-state index >= 15 is 0 Å². The maximum atomic E-state index is 12.6. The summed E-state index contributed by atoms with van der Waals surface area (Å²) in [4.78, 5) is -1.96. The topological polar surface area (TPSA) is 112 Å². The Labute approximate surface area is 353 Å². The standard InChI is InChI=1S/C20H26I.C10H13I.2C6H4F2O3S/c1-19(2,3)15-7-11-17(12-8-15)21-18-13-9-16(10-14-18)20(4,5)6;1-10(2,3)8-4-6-9(11)7-5-8;2*7-4-1-2-6(5(8)3-4)12(9,10)11/h7-14H,1-6H3;4-7H,1-3H3;2*1-3H,(H,9,10,11)/q+1;;;/p-1. The van der Waals surface area contributed by atoms with Gasteiger partial charge in [0.05, 0.1) is 4.90 Å². The summed E-state index contributed by atoms with van der Waals surface area (Å²) in [5.41, 5.74) is 5.00. The number of rotatable bonds is 4. The van der Waals surface area contributed by atoms with Crippen molar-refractivity contribution in [3.8, 4) is 0 Å². The van der Waals surface area contributed by atoms with Crippen LogP contribution >= 0.6 is 22.6 Å². The van der Waals surface area contributed by atoms with E-state index in [0.29, 0.717) is 30.3 Å². The first-order valence-electron chi connectivity index (χ1n) is 16.9. The first-order valence-corrected chi connectivity index (χ1v) is 23.0. The van der Waals surface area contributed by atoms with Crippen LogP contribution in [0.3, 0.4) is 0 Å². The SMILES string of the molecule is CC(C)(C)c1ccc(I)cc1.CC(C)(C)c1ccc([I+]c2ccc(C(C)(C)C)cc2)cc1.O=S(=O)(O)c1ccc(F)cc1F.O=S(=O)([O-])c1ccc(F)cc1F. The Morgan fingerprint density at radius 2 is 0.821 bits per heavy atom. The van der Waals surface area contributed by atoms with E-state index < -0.39 is 53.3 Å². The van der Waals surface area contributed by atoms with Crippen molar-refractivity contribution in [1.82, 2.24) is 0 Å². The Hall–Kier alpha value is -2.90. The molecule has 0 spiro atoms. The van der Waals surface area contributed by atoms with E-state index in [1.54, 1.807) is 0 Å². The molecule has 0 atom stereocenters. The number of benzene rings is 5. The molecule has 304 valence electrons. The first-order chi connectivity index (χ1) is 25.5. The van der Waals surface area contributed by atoms with Crippen molar-refractivity contribution in [2.75, 3.05) is 0 Å². The van der Waals surface area contributed by atoms with Crippen molar-refractivity contribution in [2.45, 2.75) is 88.3 Å². The smallest absolute Gasteiger partial charge is 0.357 e. The molecule has 14 heteroatoms. The minimum absolute atomic E-state index is 0.0703. The van der Waals surface area contributed by atoms with Gasteiger partial charge in [0.1, 0.15) is 38.3 Å². The van der Waals surface area contributed by atoms with Crippen LogP contribution in [-0.2, 0) is 36.5 Å². The van der Waals surface area contributed by atoms with Crippen molar-refractivity contribution in [3.63, 3.8) is 0 Å². The van der Waals surface area contributed by atoms with E-state index in [1.807, 2.05) is 0 Å². The quantitative estimate of drug-likeness (QED) is 0.111. The lowest BCUT2D eigenvalue weighted by Gasteiger charge is -2.18. The lowest BCUT2D eigenvalue weighted by atomic mass is 9.87. The van der Waals surface area contributed by atoms with Crippen LogP contribution in [0.4, 0.5) is 17.6 Å². The highest BCUT2D eigenvalue weighted by Crippen LogP contribution is 2.23. The molecular weight excluding hydrogens is 994 g/mol. The molecule has 0 fully saturated rings. The summed E-state index contributed by atoms with van der Waals surface area (Å²) < 4.78 is 114. The summed E-state index contributed by atoms with van der Waals surface area (Å²) in [7, 11) is -9.43. The molecule has 0 unspecified atom stereocenters. The molecule has 0 saturated heterocycles. The van der Waals surface area contributed by atoms with Gasteiger partial charge in [0, 0.05) is 15.7 Å². The minimum Gasteiger partial charge on any atom is -0.744 e. The molecule has 56 heavy (non-hydrogen) atoms. The molecule has 0 aliphatic rings. The fraction of sp³-hybridized carbons (Fsp3) is 0.286. The first kappa shape index (κ1) is 49.2. The fourth-order valence-electron chi connectivity index (χ4n) is 4.46. The minimum atomic E-state index is -4.84. The Bertz CT molecular complexity index is 2130. The van der Waals surface area contributed by atoms with Crippen molar-refractivity contribution in [1.29, 1.82) is 0 Å². The molecule has 0 bridgehead atoms. The van der Waals surface area contributed by atoms with Crippen molar-refractivity contribution in [2.24, 2.45) is 0 Å². The van der Waals surface area contributed by atoms with Gasteiger partial charge in [-0.15, -0.1) is 0 Å². The monoisotopic (exact) mass is 1040 g/mol. The van der Waals surface area contributed by atoms with Crippen LogP contribution < -0.4 is 21.2 Å². The Balaban J connectivity index is 0.000000270. The van der Waals surface area contributed by atoms with Crippen molar-refractivity contribution < 1.29 is 64.7 Å². The molecule has 0 saturated carbocycles. The Kier molecular flexibility index (Phi) is 17.7. The molecule has 0 radical (unpaired) electrons. The van der Waals surface area contributed by atoms with E-state index in [1.165, 1.54) is 27.4 Å². The summed E-state index contributed by atoms with van der Waals surface area (Å²) >= 11 is 2.25. The van der Waals surface area contributed by atoms with Gasteiger partial charge in [-0.05, 0) is 116 Å². The zero-order valence-electron chi connectivity index (χ0n) is 32.5. The largest absolute Gasteiger partial charge is 0.744 e. The summed E-state index contributed by atoms with van der Waals surface area (Å²) in [6, 6.07) is 30.5. The van der Waals surface area contributed by atoms with Crippen molar-refractivity contribution in [3.05, 3.63) is 160 Å². The van der Waals surface area contributed by atoms with Gasteiger partial charge >= 0.3 is 21.2 Å². The number of hydrogen-bond donors (Lipinski definition) is 1. The lowest BCUT2D eigenvalue weighted by Crippen LogP contribution is -3.61. The molecule has 6 nitrogen and oxygen atoms in total. The van der Waals surface area contributed by atoms with E-state index in [0.717, 1.165) is 6.07 Å². The summed E-state index contributed by atoms with van der Waals surface area (Å²) in [5.74, 6) is -4.51. The van der Waals surface area contributed by atoms with Gasteiger partial charge in [0.25, 0.3) is 10.1 Å². The second-order valence-electron chi connectivity index (χ2n) is 15.4. The number of halogens is 6. The molecular formula is C42H46F4I2O6S2. The Morgan fingerprint density at radius 1 is 0.518 bits per heavy atom. The van der Waals surface area contributed by atoms with Crippen LogP contribution in [0.25, 0.3) is 0 Å². The molecule has 0 heterocycles. The van der Waals surface area contributed by atoms with Gasteiger partial charge in [-0.3, -0.25) is 4.55 Å². The summed E-state index contributed by atoms with van der Waals surface area (Å²) in [6.45, 7) is 20.3. The third-order valence-corrected chi connectivity index (χ3v) is 12.8. The van der Waals surface area contributed by atoms with Crippen LogP contribution in [0, 0.1) is 34.0 Å². The van der Waals surface area contributed by atoms with E-state index in [4.69, 9.17) is 4.55 Å². The van der Waals surface area contributed by atoms with Crippen LogP contribution in [0.2, 0.25) is 0 Å². The highest BCUT2D eigenvalue weighted by Gasteiger charge is 2.20. The molecule has 5 rings (SSSR count). The van der Waals surface area contributed by atoms with Crippen LogP contribution in [0.1, 0.15) is 79.0 Å². The van der Waals surface area contributed by atoms with Gasteiger partial charge in [0.15, 0.2) is 7.14 Å². The molecule has 5 aromatic carbocycles. The lowest BCUT2D eigenvalue weighted by molar-refractivity contribution is -0.597. The van der Waals surface area contributed by atoms with Crippen molar-refractivity contribution >= 4 is 42.8 Å². The Morgan fingerprint density at radius 3 is 1.09 bits per heavy atom. The molecule has 1 N–H and O–H groups in total. The normalized spacial score (nSPS) is 11.9. The highest BCUT2D eigenvalue weighted by atomic mass is 127. The third kappa shape index (κ3) is 16.9. The fourth-order valence-corrected chi connectivity index (χ4v) is 8.06. The van der Waals surface area contributed by atoms with E-state index in [2.05, 4.69) is 158 Å². The summed E-state index contributed by atoms with van der Waals surface area (Å²) in [5, 5.41) is 0. The summed E-state index contributed by atoms with van der Waals surface area (Å²) in [6.07, 6.45) is 0. The predicted molar refractivity (Wildman–Crippen MR) is 216 cm³/mol. The zero-order chi connectivity index (χ0) is 42.9. The van der Waals surface area contributed by atoms with Crippen LogP contribution in [-0.4, -0.2) is 25.9 Å². The predicted octanol–water partition coefficient (Wildman–Crippen LogP) is 8.08. The maximum Gasteiger partial charge on any atom is 0.357 e. The molecule has 5 aromatic rings. The average molecular weight is 1040 g/mol. The molecule has 0 aliphatic carbocycles. The number of hydrogen-bond acceptors (Lipinski definition) is 5. The van der Waals surface area contributed by atoms with Gasteiger partial charge < -0.3 is 4.55 Å². The highest BCUT2D eigenvalue weighted by molar-refractivity contribution is 14.1.